The molecule has 0 aromatic carbocycles. The van der Waals surface area contributed by atoms with E-state index >= 15 is 0 Å². The molecule has 1 N–H and O–H groups in total. The topological polar surface area (TPSA) is 58.3 Å². The lowest BCUT2D eigenvalue weighted by Gasteiger charge is -2.29. The Morgan fingerprint density at radius 2 is 1.87 bits per heavy atom. The highest BCUT2D eigenvalue weighted by Gasteiger charge is 2.17. The van der Waals surface area contributed by atoms with Gasteiger partial charge >= 0.3 is 0 Å². The molecule has 0 spiro atoms. The fourth-order valence-corrected chi connectivity index (χ4v) is 3.03. The predicted molar refractivity (Wildman–Crippen MR) is 90.4 cm³/mol. The quantitative estimate of drug-likeness (QED) is 0.804. The zero-order valence-corrected chi connectivity index (χ0v) is 13.2. The van der Waals surface area contributed by atoms with Crippen LogP contribution in [-0.4, -0.2) is 50.7 Å². The van der Waals surface area contributed by atoms with Gasteiger partial charge in [-0.25, -0.2) is 9.50 Å². The number of imidazole rings is 1. The van der Waals surface area contributed by atoms with Crippen molar-refractivity contribution in [2.45, 2.75) is 18.9 Å². The number of anilines is 1. The first kappa shape index (κ1) is 14.1. The Bertz CT molecular complexity index is 789. The summed E-state index contributed by atoms with van der Waals surface area (Å²) >= 11 is 0. The number of fused-ring (bicyclic) bond motifs is 1. The van der Waals surface area contributed by atoms with Crippen molar-refractivity contribution in [3.05, 3.63) is 42.9 Å². The summed E-state index contributed by atoms with van der Waals surface area (Å²) in [5.41, 5.74) is 2.90. The van der Waals surface area contributed by atoms with Gasteiger partial charge in [-0.2, -0.15) is 0 Å². The molecule has 1 aliphatic rings. The van der Waals surface area contributed by atoms with E-state index in [-0.39, 0.29) is 0 Å². The maximum absolute atomic E-state index is 4.73. The van der Waals surface area contributed by atoms with Crippen LogP contribution in [0.1, 0.15) is 12.8 Å². The Morgan fingerprint density at radius 3 is 2.65 bits per heavy atom. The van der Waals surface area contributed by atoms with Gasteiger partial charge in [0.2, 0.25) is 0 Å². The summed E-state index contributed by atoms with van der Waals surface area (Å²) in [5, 5.41) is 8.30. The number of nitrogens with zero attached hydrogens (tertiary/aromatic N) is 5. The number of likely N-dealkylation sites (tertiary alicyclic amines) is 1. The molecule has 118 valence electrons. The van der Waals surface area contributed by atoms with Gasteiger partial charge in [-0.15, -0.1) is 5.10 Å². The normalized spacial score (nSPS) is 16.7. The Morgan fingerprint density at radius 1 is 1.09 bits per heavy atom. The second-order valence-electron chi connectivity index (χ2n) is 6.09. The van der Waals surface area contributed by atoms with Gasteiger partial charge in [0.05, 0.1) is 11.9 Å². The third-order valence-electron chi connectivity index (χ3n) is 4.41. The van der Waals surface area contributed by atoms with Gasteiger partial charge in [-0.1, -0.05) is 0 Å². The van der Waals surface area contributed by atoms with Gasteiger partial charge in [0.1, 0.15) is 5.82 Å². The van der Waals surface area contributed by atoms with Gasteiger partial charge < -0.3 is 10.2 Å². The number of hydrogen-bond acceptors (Lipinski definition) is 5. The number of pyridine rings is 1. The van der Waals surface area contributed by atoms with E-state index in [4.69, 9.17) is 5.10 Å². The molecule has 0 unspecified atom stereocenters. The Balaban J connectivity index is 1.62. The van der Waals surface area contributed by atoms with Gasteiger partial charge in [-0.05, 0) is 57.2 Å². The third kappa shape index (κ3) is 2.90. The molecule has 3 aromatic rings. The van der Waals surface area contributed by atoms with Crippen LogP contribution >= 0.6 is 0 Å². The van der Waals surface area contributed by atoms with Crippen LogP contribution in [0.3, 0.4) is 0 Å². The van der Waals surface area contributed by atoms with E-state index in [1.165, 1.54) is 0 Å². The minimum atomic E-state index is 0.490. The van der Waals surface area contributed by atoms with Crippen molar-refractivity contribution in [2.24, 2.45) is 0 Å². The summed E-state index contributed by atoms with van der Waals surface area (Å²) in [5.74, 6) is 0.903. The monoisotopic (exact) mass is 308 g/mol. The van der Waals surface area contributed by atoms with Crippen molar-refractivity contribution >= 4 is 11.5 Å². The van der Waals surface area contributed by atoms with Gasteiger partial charge in [0.25, 0.3) is 0 Å². The van der Waals surface area contributed by atoms with E-state index in [9.17, 15) is 0 Å². The summed E-state index contributed by atoms with van der Waals surface area (Å²) < 4.78 is 1.90. The number of rotatable bonds is 3. The summed E-state index contributed by atoms with van der Waals surface area (Å²) in [6.07, 6.45) is 7.73. The molecule has 4 rings (SSSR count). The molecule has 23 heavy (non-hydrogen) atoms. The van der Waals surface area contributed by atoms with Crippen LogP contribution in [0.4, 0.5) is 5.82 Å². The molecule has 0 atom stereocenters. The van der Waals surface area contributed by atoms with E-state index in [2.05, 4.69) is 27.2 Å². The van der Waals surface area contributed by atoms with Crippen LogP contribution in [0.5, 0.6) is 0 Å². The van der Waals surface area contributed by atoms with E-state index < -0.39 is 0 Å². The first-order chi connectivity index (χ1) is 11.3. The molecule has 0 radical (unpaired) electrons. The zero-order valence-electron chi connectivity index (χ0n) is 13.2. The van der Waals surface area contributed by atoms with Gasteiger partial charge in [0.15, 0.2) is 5.65 Å². The maximum atomic E-state index is 4.73. The summed E-state index contributed by atoms with van der Waals surface area (Å²) in [6.45, 7) is 2.26. The average molecular weight is 308 g/mol. The van der Waals surface area contributed by atoms with E-state index in [0.717, 1.165) is 48.7 Å². The number of nitrogens with one attached hydrogen (secondary N) is 1. The van der Waals surface area contributed by atoms with Crippen LogP contribution in [0.2, 0.25) is 0 Å². The first-order valence-electron chi connectivity index (χ1n) is 8.00. The summed E-state index contributed by atoms with van der Waals surface area (Å²) in [6, 6.07) is 8.46. The Hall–Kier alpha value is -2.47. The van der Waals surface area contributed by atoms with Crippen molar-refractivity contribution in [1.29, 1.82) is 0 Å². The van der Waals surface area contributed by atoms with Crippen LogP contribution < -0.4 is 5.32 Å². The minimum Gasteiger partial charge on any atom is -0.366 e. The smallest absolute Gasteiger partial charge is 0.154 e. The van der Waals surface area contributed by atoms with Crippen molar-refractivity contribution in [3.8, 4) is 11.3 Å². The Labute approximate surface area is 135 Å². The standard InChI is InChI=1S/C17H20N6/c1-22-10-6-14(7-11-22)20-16-2-3-17-19-12-15(23(17)21-16)13-4-8-18-9-5-13/h2-5,8-9,12,14H,6-7,10-11H2,1H3,(H,20,21). The molecular weight excluding hydrogens is 288 g/mol. The van der Waals surface area contributed by atoms with Crippen LogP contribution in [0, 0.1) is 0 Å². The summed E-state index contributed by atoms with van der Waals surface area (Å²) in [4.78, 5) is 10.9. The van der Waals surface area contributed by atoms with Crippen molar-refractivity contribution in [3.63, 3.8) is 0 Å². The highest BCUT2D eigenvalue weighted by Crippen LogP contribution is 2.21. The lowest BCUT2D eigenvalue weighted by atomic mass is 10.1. The van der Waals surface area contributed by atoms with Crippen LogP contribution in [-0.2, 0) is 0 Å². The van der Waals surface area contributed by atoms with Crippen molar-refractivity contribution in [1.82, 2.24) is 24.5 Å². The number of hydrogen-bond donors (Lipinski definition) is 1. The highest BCUT2D eigenvalue weighted by molar-refractivity contribution is 5.63. The number of aromatic nitrogens is 4. The second kappa shape index (κ2) is 5.96. The fourth-order valence-electron chi connectivity index (χ4n) is 3.03. The largest absolute Gasteiger partial charge is 0.366 e. The molecule has 6 heteroatoms. The molecule has 6 nitrogen and oxygen atoms in total. The molecular formula is C17H20N6. The van der Waals surface area contributed by atoms with Crippen LogP contribution in [0.15, 0.2) is 42.9 Å². The Kier molecular flexibility index (Phi) is 3.67. The first-order valence-corrected chi connectivity index (χ1v) is 8.00. The molecule has 1 aliphatic heterocycles. The molecule has 0 amide bonds. The lowest BCUT2D eigenvalue weighted by Crippen LogP contribution is -2.36. The third-order valence-corrected chi connectivity index (χ3v) is 4.41. The van der Waals surface area contributed by atoms with E-state index in [1.54, 1.807) is 12.4 Å². The molecule has 1 fully saturated rings. The van der Waals surface area contributed by atoms with Crippen molar-refractivity contribution in [2.75, 3.05) is 25.5 Å². The molecule has 4 heterocycles. The van der Waals surface area contributed by atoms with Crippen LogP contribution in [0.25, 0.3) is 16.9 Å². The summed E-state index contributed by atoms with van der Waals surface area (Å²) in [7, 11) is 2.17. The zero-order chi connectivity index (χ0) is 15.6. The number of piperidine rings is 1. The van der Waals surface area contributed by atoms with E-state index in [1.807, 2.05) is 35.0 Å². The molecule has 0 aliphatic carbocycles. The van der Waals surface area contributed by atoms with Gasteiger partial charge in [0, 0.05) is 24.0 Å². The predicted octanol–water partition coefficient (Wildman–Crippen LogP) is 2.30. The minimum absolute atomic E-state index is 0.490. The SMILES string of the molecule is CN1CCC(Nc2ccc3ncc(-c4ccncc4)n3n2)CC1. The second-order valence-corrected chi connectivity index (χ2v) is 6.09. The van der Waals surface area contributed by atoms with Crippen molar-refractivity contribution < 1.29 is 0 Å². The molecule has 1 saturated heterocycles. The van der Waals surface area contributed by atoms with E-state index in [0.29, 0.717) is 6.04 Å². The molecule has 0 saturated carbocycles. The maximum Gasteiger partial charge on any atom is 0.154 e. The highest BCUT2D eigenvalue weighted by atomic mass is 15.3. The van der Waals surface area contributed by atoms with Gasteiger partial charge in [-0.3, -0.25) is 4.98 Å². The molecule has 3 aromatic heterocycles. The lowest BCUT2D eigenvalue weighted by molar-refractivity contribution is 0.263. The fraction of sp³-hybridized carbons (Fsp3) is 0.353. The average Bonchev–Trinajstić information content (AvgIpc) is 3.01. The molecule has 0 bridgehead atoms.